The van der Waals surface area contributed by atoms with Crippen molar-refractivity contribution in [2.24, 2.45) is 0 Å². The average molecular weight is 424 g/mol. The third-order valence-electron chi connectivity index (χ3n) is 4.40. The van der Waals surface area contributed by atoms with Gasteiger partial charge in [0.05, 0.1) is 19.3 Å². The van der Waals surface area contributed by atoms with Crippen molar-refractivity contribution in [2.75, 3.05) is 19.0 Å². The summed E-state index contributed by atoms with van der Waals surface area (Å²) in [5.41, 5.74) is 1.69. The molecule has 0 aliphatic carbocycles. The molecule has 7 heteroatoms. The molecule has 1 atom stereocenters. The van der Waals surface area contributed by atoms with Crippen molar-refractivity contribution in [2.45, 2.75) is 72.1 Å². The maximum Gasteiger partial charge on any atom is 0.341 e. The Morgan fingerprint density at radius 2 is 1.90 bits per heavy atom. The van der Waals surface area contributed by atoms with Crippen LogP contribution in [0.1, 0.15) is 87.4 Å². The zero-order valence-corrected chi connectivity index (χ0v) is 18.9. The van der Waals surface area contributed by atoms with Crippen LogP contribution >= 0.6 is 11.3 Å². The summed E-state index contributed by atoms with van der Waals surface area (Å²) in [6.07, 6.45) is 5.88. The van der Waals surface area contributed by atoms with Crippen molar-refractivity contribution in [3.05, 3.63) is 28.2 Å². The molecule has 0 unspecified atom stereocenters. The Balaban J connectivity index is 2.78. The number of methoxy groups -OCH3 is 1. The van der Waals surface area contributed by atoms with E-state index in [9.17, 15) is 14.4 Å². The maximum atomic E-state index is 12.3. The van der Waals surface area contributed by atoms with Crippen molar-refractivity contribution in [3.63, 3.8) is 0 Å². The van der Waals surface area contributed by atoms with E-state index in [0.29, 0.717) is 29.8 Å². The van der Waals surface area contributed by atoms with Gasteiger partial charge in [0.2, 0.25) is 5.91 Å². The van der Waals surface area contributed by atoms with Gasteiger partial charge in [-0.1, -0.05) is 18.6 Å². The minimum atomic E-state index is -0.424. The highest BCUT2D eigenvalue weighted by atomic mass is 32.1. The smallest absolute Gasteiger partial charge is 0.341 e. The molecule has 1 aromatic rings. The van der Waals surface area contributed by atoms with Gasteiger partial charge in [0, 0.05) is 17.7 Å². The first-order valence-corrected chi connectivity index (χ1v) is 10.9. The molecular formula is C22H33NO5S. The molecule has 0 fully saturated rings. The lowest BCUT2D eigenvalue weighted by Gasteiger charge is -2.07. The van der Waals surface area contributed by atoms with E-state index in [1.54, 1.807) is 6.92 Å². The molecule has 0 spiro atoms. The Labute approximate surface area is 177 Å². The normalized spacial score (nSPS) is 11.5. The number of hydrogen-bond donors (Lipinski definition) is 1. The third-order valence-corrected chi connectivity index (χ3v) is 5.68. The number of thiophene rings is 1. The van der Waals surface area contributed by atoms with Gasteiger partial charge in [0.15, 0.2) is 0 Å². The van der Waals surface area contributed by atoms with E-state index in [0.717, 1.165) is 17.7 Å². The fraction of sp³-hybridized carbons (Fsp3) is 0.591. The van der Waals surface area contributed by atoms with Gasteiger partial charge in [-0.2, -0.15) is 0 Å². The summed E-state index contributed by atoms with van der Waals surface area (Å²) >= 11 is 1.43. The second-order valence-corrected chi connectivity index (χ2v) is 8.29. The van der Waals surface area contributed by atoms with Crippen LogP contribution in [-0.2, 0) is 19.1 Å². The van der Waals surface area contributed by atoms with E-state index in [-0.39, 0.29) is 30.8 Å². The van der Waals surface area contributed by atoms with Crippen LogP contribution in [0.5, 0.6) is 0 Å². The Bertz CT molecular complexity index is 719. The standard InChI is InChI=1S/C22H33NO5S/c1-6-28-22(26)17-14-18(16(4)11-9-10-15(2)3)29-21(17)23-19(24)12-7-8-13-20(25)27-5/h10,14,16H,6-9,11-13H2,1-5H3,(H,23,24)/t16-/m0/s1. The number of carbonyl (C=O) groups is 3. The fourth-order valence-electron chi connectivity index (χ4n) is 2.72. The molecule has 1 amide bonds. The maximum absolute atomic E-state index is 12.3. The number of esters is 2. The summed E-state index contributed by atoms with van der Waals surface area (Å²) in [7, 11) is 1.35. The van der Waals surface area contributed by atoms with Crippen LogP contribution in [0.2, 0.25) is 0 Å². The van der Waals surface area contributed by atoms with Crippen molar-refractivity contribution in [1.82, 2.24) is 0 Å². The molecule has 1 aromatic heterocycles. The SMILES string of the molecule is CCOC(=O)c1cc([C@@H](C)CCC=C(C)C)sc1NC(=O)CCCCC(=O)OC. The van der Waals surface area contributed by atoms with Crippen molar-refractivity contribution in [3.8, 4) is 0 Å². The van der Waals surface area contributed by atoms with Gasteiger partial charge in [-0.3, -0.25) is 9.59 Å². The molecule has 0 radical (unpaired) electrons. The topological polar surface area (TPSA) is 81.7 Å². The predicted octanol–water partition coefficient (Wildman–Crippen LogP) is 5.45. The van der Waals surface area contributed by atoms with Crippen LogP contribution in [0, 0.1) is 0 Å². The number of ether oxygens (including phenoxy) is 2. The summed E-state index contributed by atoms with van der Waals surface area (Å²) in [6, 6.07) is 1.84. The molecule has 0 saturated heterocycles. The Hall–Kier alpha value is -2.15. The largest absolute Gasteiger partial charge is 0.469 e. The minimum Gasteiger partial charge on any atom is -0.469 e. The number of rotatable bonds is 12. The molecule has 0 saturated carbocycles. The second-order valence-electron chi connectivity index (χ2n) is 7.20. The zero-order chi connectivity index (χ0) is 21.8. The van der Waals surface area contributed by atoms with Gasteiger partial charge < -0.3 is 14.8 Å². The van der Waals surface area contributed by atoms with Crippen LogP contribution < -0.4 is 5.32 Å². The molecule has 1 N–H and O–H groups in total. The van der Waals surface area contributed by atoms with E-state index >= 15 is 0 Å². The van der Waals surface area contributed by atoms with Crippen molar-refractivity contribution >= 4 is 34.2 Å². The van der Waals surface area contributed by atoms with E-state index in [1.165, 1.54) is 24.0 Å². The van der Waals surface area contributed by atoms with Crippen LogP contribution in [0.25, 0.3) is 0 Å². The zero-order valence-electron chi connectivity index (χ0n) is 18.1. The Kier molecular flexibility index (Phi) is 11.3. The lowest BCUT2D eigenvalue weighted by Crippen LogP contribution is -2.14. The molecular weight excluding hydrogens is 390 g/mol. The van der Waals surface area contributed by atoms with Crippen molar-refractivity contribution in [1.29, 1.82) is 0 Å². The number of hydrogen-bond acceptors (Lipinski definition) is 6. The van der Waals surface area contributed by atoms with Crippen LogP contribution in [0.4, 0.5) is 5.00 Å². The summed E-state index contributed by atoms with van der Waals surface area (Å²) in [5, 5.41) is 3.39. The van der Waals surface area contributed by atoms with Crippen LogP contribution in [0.3, 0.4) is 0 Å². The predicted molar refractivity (Wildman–Crippen MR) is 116 cm³/mol. The molecule has 0 aliphatic rings. The molecule has 0 aliphatic heterocycles. The lowest BCUT2D eigenvalue weighted by molar-refractivity contribution is -0.140. The van der Waals surface area contributed by atoms with E-state index in [1.807, 2.05) is 6.07 Å². The Morgan fingerprint density at radius 3 is 2.52 bits per heavy atom. The molecule has 29 heavy (non-hydrogen) atoms. The highest BCUT2D eigenvalue weighted by Crippen LogP contribution is 2.35. The first-order chi connectivity index (χ1) is 13.8. The van der Waals surface area contributed by atoms with Gasteiger partial charge in [-0.15, -0.1) is 11.3 Å². The molecule has 0 aromatic carbocycles. The summed E-state index contributed by atoms with van der Waals surface area (Å²) in [6.45, 7) is 8.31. The molecule has 162 valence electrons. The number of amides is 1. The van der Waals surface area contributed by atoms with Gasteiger partial charge in [-0.25, -0.2) is 4.79 Å². The monoisotopic (exact) mass is 423 g/mol. The highest BCUT2D eigenvalue weighted by molar-refractivity contribution is 7.16. The molecule has 0 bridgehead atoms. The number of unbranched alkanes of at least 4 members (excludes halogenated alkanes) is 1. The fourth-order valence-corrected chi connectivity index (χ4v) is 3.87. The molecule has 1 heterocycles. The first-order valence-electron chi connectivity index (χ1n) is 10.1. The third kappa shape index (κ3) is 9.26. The molecule has 1 rings (SSSR count). The molecule has 6 nitrogen and oxygen atoms in total. The van der Waals surface area contributed by atoms with Crippen LogP contribution in [-0.4, -0.2) is 31.6 Å². The summed E-state index contributed by atoms with van der Waals surface area (Å²) < 4.78 is 9.74. The Morgan fingerprint density at radius 1 is 1.21 bits per heavy atom. The quantitative estimate of drug-likeness (QED) is 0.275. The van der Waals surface area contributed by atoms with Crippen molar-refractivity contribution < 1.29 is 23.9 Å². The summed E-state index contributed by atoms with van der Waals surface area (Å²) in [4.78, 5) is 36.8. The number of carbonyl (C=O) groups excluding carboxylic acids is 3. The number of allylic oxidation sites excluding steroid dienone is 2. The highest BCUT2D eigenvalue weighted by Gasteiger charge is 2.21. The van der Waals surface area contributed by atoms with Gasteiger partial charge in [0.25, 0.3) is 0 Å². The van der Waals surface area contributed by atoms with E-state index in [2.05, 4.69) is 36.9 Å². The van der Waals surface area contributed by atoms with Gasteiger partial charge >= 0.3 is 11.9 Å². The van der Waals surface area contributed by atoms with Gasteiger partial charge in [0.1, 0.15) is 5.00 Å². The van der Waals surface area contributed by atoms with E-state index in [4.69, 9.17) is 4.74 Å². The van der Waals surface area contributed by atoms with Gasteiger partial charge in [-0.05, 0) is 58.4 Å². The minimum absolute atomic E-state index is 0.175. The second kappa shape index (κ2) is 13.1. The van der Waals surface area contributed by atoms with E-state index < -0.39 is 5.97 Å². The average Bonchev–Trinajstić information content (AvgIpc) is 3.08. The number of nitrogens with one attached hydrogen (secondary N) is 1. The lowest BCUT2D eigenvalue weighted by atomic mass is 10.0. The van der Waals surface area contributed by atoms with Crippen LogP contribution in [0.15, 0.2) is 17.7 Å². The number of anilines is 1. The first kappa shape index (κ1) is 24.9. The summed E-state index contributed by atoms with van der Waals surface area (Å²) in [5.74, 6) is -0.604.